The van der Waals surface area contributed by atoms with E-state index in [1.165, 1.54) is 0 Å². The largest absolute Gasteiger partial charge is 0.384 e. The fourth-order valence-electron chi connectivity index (χ4n) is 1.22. The highest BCUT2D eigenvalue weighted by molar-refractivity contribution is 5.96. The van der Waals surface area contributed by atoms with Crippen molar-refractivity contribution in [3.8, 4) is 0 Å². The molecular weight excluding hydrogens is 234 g/mol. The van der Waals surface area contributed by atoms with Gasteiger partial charge in [0, 0.05) is 18.8 Å². The molecule has 0 aliphatic rings. The molecule has 0 aliphatic carbocycles. The lowest BCUT2D eigenvalue weighted by atomic mass is 10.1. The van der Waals surface area contributed by atoms with E-state index in [0.29, 0.717) is 5.56 Å². The van der Waals surface area contributed by atoms with Gasteiger partial charge in [0.2, 0.25) is 0 Å². The molecule has 0 saturated carbocycles. The van der Waals surface area contributed by atoms with Crippen LogP contribution in [0.2, 0.25) is 0 Å². The Morgan fingerprint density at radius 1 is 1.61 bits per heavy atom. The molecule has 7 heteroatoms. The zero-order valence-corrected chi connectivity index (χ0v) is 11.1. The van der Waals surface area contributed by atoms with Crippen molar-refractivity contribution >= 4 is 11.7 Å². The summed E-state index contributed by atoms with van der Waals surface area (Å²) in [6.45, 7) is 5.49. The van der Waals surface area contributed by atoms with Crippen LogP contribution in [0.1, 0.15) is 26.3 Å². The van der Waals surface area contributed by atoms with Crippen molar-refractivity contribution in [3.05, 3.63) is 18.0 Å². The van der Waals surface area contributed by atoms with Gasteiger partial charge < -0.3 is 15.9 Å². The van der Waals surface area contributed by atoms with E-state index in [4.69, 9.17) is 10.6 Å². The van der Waals surface area contributed by atoms with Crippen LogP contribution in [0.3, 0.4) is 0 Å². The lowest BCUT2D eigenvalue weighted by Gasteiger charge is -2.19. The van der Waals surface area contributed by atoms with Crippen molar-refractivity contribution in [3.63, 3.8) is 0 Å². The Bertz CT molecular complexity index is 445. The van der Waals surface area contributed by atoms with E-state index in [1.807, 2.05) is 20.8 Å². The summed E-state index contributed by atoms with van der Waals surface area (Å²) in [6.07, 6.45) is 3.27. The molecular formula is C11H19N5O2. The van der Waals surface area contributed by atoms with Gasteiger partial charge in [-0.25, -0.2) is 0 Å². The summed E-state index contributed by atoms with van der Waals surface area (Å²) in [5, 5.41) is 10.4. The molecule has 3 N–H and O–H groups in total. The summed E-state index contributed by atoms with van der Waals surface area (Å²) < 4.78 is 1.60. The van der Waals surface area contributed by atoms with Crippen LogP contribution < -0.4 is 11.1 Å². The zero-order valence-electron chi connectivity index (χ0n) is 11.1. The number of hydrogen-bond acceptors (Lipinski definition) is 4. The standard InChI is InChI=1S/C11H19N5O2/c1-11(2,3)14-9(17)7-18-15-10(12)8-5-13-16(4)6-8/h5-6H,7H2,1-4H3,(H2,12,15)(H,14,17). The first-order valence-electron chi connectivity index (χ1n) is 5.53. The Hall–Kier alpha value is -2.05. The Balaban J connectivity index is 2.43. The van der Waals surface area contributed by atoms with Crippen LogP contribution in [0.4, 0.5) is 0 Å². The molecule has 0 unspecified atom stereocenters. The molecule has 0 atom stereocenters. The van der Waals surface area contributed by atoms with E-state index >= 15 is 0 Å². The summed E-state index contributed by atoms with van der Waals surface area (Å²) in [4.78, 5) is 16.3. The van der Waals surface area contributed by atoms with Gasteiger partial charge in [0.1, 0.15) is 0 Å². The number of nitrogens with two attached hydrogens (primary N) is 1. The predicted octanol–water partition coefficient (Wildman–Crippen LogP) is -0.0283. The summed E-state index contributed by atoms with van der Waals surface area (Å²) in [7, 11) is 1.77. The van der Waals surface area contributed by atoms with Crippen LogP contribution in [-0.4, -0.2) is 33.7 Å². The molecule has 0 radical (unpaired) electrons. The zero-order chi connectivity index (χ0) is 13.8. The van der Waals surface area contributed by atoms with Gasteiger partial charge >= 0.3 is 0 Å². The third-order valence-electron chi connectivity index (χ3n) is 1.87. The number of rotatable bonds is 4. The van der Waals surface area contributed by atoms with Crippen molar-refractivity contribution in [2.24, 2.45) is 17.9 Å². The Morgan fingerprint density at radius 3 is 2.78 bits per heavy atom. The highest BCUT2D eigenvalue weighted by atomic mass is 16.6. The van der Waals surface area contributed by atoms with Gasteiger partial charge in [0.25, 0.3) is 5.91 Å². The van der Waals surface area contributed by atoms with Crippen molar-refractivity contribution in [2.75, 3.05) is 6.61 Å². The first-order chi connectivity index (χ1) is 8.28. The fourth-order valence-corrected chi connectivity index (χ4v) is 1.22. The molecule has 0 saturated heterocycles. The Labute approximate surface area is 106 Å². The lowest BCUT2D eigenvalue weighted by Crippen LogP contribution is -2.42. The summed E-state index contributed by atoms with van der Waals surface area (Å²) in [5.41, 5.74) is 6.02. The molecule has 100 valence electrons. The maximum Gasteiger partial charge on any atom is 0.261 e. The molecule has 0 aromatic carbocycles. The average Bonchev–Trinajstić information content (AvgIpc) is 2.62. The molecule has 0 fully saturated rings. The molecule has 1 amide bonds. The number of amides is 1. The minimum Gasteiger partial charge on any atom is -0.384 e. The van der Waals surface area contributed by atoms with E-state index < -0.39 is 0 Å². The Morgan fingerprint density at radius 2 is 2.28 bits per heavy atom. The molecule has 0 spiro atoms. The maximum absolute atomic E-state index is 11.4. The molecule has 1 heterocycles. The normalized spacial score (nSPS) is 12.3. The van der Waals surface area contributed by atoms with Crippen molar-refractivity contribution < 1.29 is 9.63 Å². The van der Waals surface area contributed by atoms with Gasteiger partial charge in [0.15, 0.2) is 12.4 Å². The van der Waals surface area contributed by atoms with E-state index in [9.17, 15) is 4.79 Å². The third kappa shape index (κ3) is 4.86. The second kappa shape index (κ2) is 5.52. The van der Waals surface area contributed by atoms with Crippen LogP contribution in [0.25, 0.3) is 0 Å². The monoisotopic (exact) mass is 253 g/mol. The molecule has 1 rings (SSSR count). The highest BCUT2D eigenvalue weighted by Gasteiger charge is 2.13. The number of oxime groups is 1. The minimum atomic E-state index is -0.293. The number of aromatic nitrogens is 2. The Kier molecular flexibility index (Phi) is 4.30. The molecule has 1 aromatic rings. The molecule has 7 nitrogen and oxygen atoms in total. The van der Waals surface area contributed by atoms with Crippen LogP contribution >= 0.6 is 0 Å². The summed E-state index contributed by atoms with van der Waals surface area (Å²) in [5.74, 6) is -0.0584. The number of nitrogens with zero attached hydrogens (tertiary/aromatic N) is 3. The first kappa shape index (κ1) is 14.0. The van der Waals surface area contributed by atoms with E-state index in [1.54, 1.807) is 24.1 Å². The third-order valence-corrected chi connectivity index (χ3v) is 1.87. The van der Waals surface area contributed by atoms with Crippen molar-refractivity contribution in [2.45, 2.75) is 26.3 Å². The van der Waals surface area contributed by atoms with Gasteiger partial charge in [-0.05, 0) is 20.8 Å². The number of hydrogen-bond donors (Lipinski definition) is 2. The molecule has 18 heavy (non-hydrogen) atoms. The fraction of sp³-hybridized carbons (Fsp3) is 0.545. The predicted molar refractivity (Wildman–Crippen MR) is 67.8 cm³/mol. The summed E-state index contributed by atoms with van der Waals surface area (Å²) in [6, 6.07) is 0. The average molecular weight is 253 g/mol. The van der Waals surface area contributed by atoms with Crippen molar-refractivity contribution in [1.29, 1.82) is 0 Å². The number of carbonyl (C=O) groups excluding carboxylic acids is 1. The summed E-state index contributed by atoms with van der Waals surface area (Å²) >= 11 is 0. The quantitative estimate of drug-likeness (QED) is 0.447. The van der Waals surface area contributed by atoms with E-state index in [-0.39, 0.29) is 23.9 Å². The van der Waals surface area contributed by atoms with Gasteiger partial charge in [-0.3, -0.25) is 9.48 Å². The number of aryl methyl sites for hydroxylation is 1. The van der Waals surface area contributed by atoms with Gasteiger partial charge in [-0.15, -0.1) is 0 Å². The van der Waals surface area contributed by atoms with Gasteiger partial charge in [-0.2, -0.15) is 5.10 Å². The number of nitrogens with one attached hydrogen (secondary N) is 1. The van der Waals surface area contributed by atoms with Crippen LogP contribution in [0, 0.1) is 0 Å². The first-order valence-corrected chi connectivity index (χ1v) is 5.53. The van der Waals surface area contributed by atoms with Crippen molar-refractivity contribution in [1.82, 2.24) is 15.1 Å². The SMILES string of the molecule is Cn1cc(/C(N)=N/OCC(=O)NC(C)(C)C)cn1. The van der Waals surface area contributed by atoms with Gasteiger partial charge in [-0.1, -0.05) is 5.16 Å². The van der Waals surface area contributed by atoms with Crippen LogP contribution in [-0.2, 0) is 16.7 Å². The topological polar surface area (TPSA) is 94.5 Å². The van der Waals surface area contributed by atoms with Crippen LogP contribution in [0.15, 0.2) is 17.5 Å². The second-order valence-corrected chi connectivity index (χ2v) is 4.95. The second-order valence-electron chi connectivity index (χ2n) is 4.95. The minimum absolute atomic E-state index is 0.168. The maximum atomic E-state index is 11.4. The van der Waals surface area contributed by atoms with Gasteiger partial charge in [0.05, 0.1) is 11.8 Å². The van der Waals surface area contributed by atoms with E-state index in [2.05, 4.69) is 15.6 Å². The van der Waals surface area contributed by atoms with E-state index in [0.717, 1.165) is 0 Å². The smallest absolute Gasteiger partial charge is 0.261 e. The number of carbonyl (C=O) groups is 1. The highest BCUT2D eigenvalue weighted by Crippen LogP contribution is 1.98. The molecule has 0 bridgehead atoms. The molecule has 1 aromatic heterocycles. The number of amidine groups is 1. The lowest BCUT2D eigenvalue weighted by molar-refractivity contribution is -0.127. The molecule has 0 aliphatic heterocycles. The van der Waals surface area contributed by atoms with Crippen LogP contribution in [0.5, 0.6) is 0 Å².